The standard InChI is InChI=1S/C15H8F5N3O3/c16-8-2-1-3-9(17)12(8)22-13(24)23-14-21-10-5-4-7(6-11(10)25-14)26-15(18,19)20/h1-6H,(H2,21,22,23,24). The number of oxazole rings is 1. The summed E-state index contributed by atoms with van der Waals surface area (Å²) in [4.78, 5) is 15.6. The molecule has 1 heterocycles. The third-order valence-corrected chi connectivity index (χ3v) is 3.02. The summed E-state index contributed by atoms with van der Waals surface area (Å²) in [7, 11) is 0. The number of benzene rings is 2. The summed E-state index contributed by atoms with van der Waals surface area (Å²) in [6.07, 6.45) is -4.88. The van der Waals surface area contributed by atoms with Crippen LogP contribution in [0, 0.1) is 11.6 Å². The Morgan fingerprint density at radius 2 is 1.77 bits per heavy atom. The number of urea groups is 1. The summed E-state index contributed by atoms with van der Waals surface area (Å²) in [5, 5.41) is 4.02. The Bertz CT molecular complexity index is 951. The Balaban J connectivity index is 1.75. The van der Waals surface area contributed by atoms with E-state index in [1.54, 1.807) is 0 Å². The molecule has 11 heteroatoms. The second kappa shape index (κ2) is 6.50. The maximum Gasteiger partial charge on any atom is 0.573 e. The van der Waals surface area contributed by atoms with Crippen LogP contribution in [0.5, 0.6) is 5.75 Å². The number of alkyl halides is 3. The molecule has 1 aromatic heterocycles. The topological polar surface area (TPSA) is 76.4 Å². The second-order valence-electron chi connectivity index (χ2n) is 4.87. The number of hydrogen-bond donors (Lipinski definition) is 2. The van der Waals surface area contributed by atoms with Gasteiger partial charge in [-0.15, -0.1) is 13.2 Å². The van der Waals surface area contributed by atoms with Crippen molar-refractivity contribution in [2.75, 3.05) is 10.6 Å². The lowest BCUT2D eigenvalue weighted by Crippen LogP contribution is -2.21. The molecule has 3 aromatic rings. The van der Waals surface area contributed by atoms with Crippen LogP contribution in [-0.4, -0.2) is 17.4 Å². The Labute approximate surface area is 141 Å². The molecule has 0 radical (unpaired) electrons. The van der Waals surface area contributed by atoms with Crippen LogP contribution in [0.25, 0.3) is 11.1 Å². The van der Waals surface area contributed by atoms with Crippen LogP contribution in [0.1, 0.15) is 0 Å². The van der Waals surface area contributed by atoms with Gasteiger partial charge in [-0.05, 0) is 24.3 Å². The second-order valence-corrected chi connectivity index (χ2v) is 4.87. The number of carbonyl (C=O) groups is 1. The third-order valence-electron chi connectivity index (χ3n) is 3.02. The largest absolute Gasteiger partial charge is 0.573 e. The van der Waals surface area contributed by atoms with E-state index in [9.17, 15) is 26.7 Å². The molecule has 6 nitrogen and oxygen atoms in total. The third kappa shape index (κ3) is 3.99. The zero-order chi connectivity index (χ0) is 18.9. The number of nitrogens with zero attached hydrogens (tertiary/aromatic N) is 1. The quantitative estimate of drug-likeness (QED) is 0.656. The van der Waals surface area contributed by atoms with E-state index in [4.69, 9.17) is 4.42 Å². The van der Waals surface area contributed by atoms with E-state index < -0.39 is 41.5 Å². The number of amides is 2. The molecular weight excluding hydrogens is 365 g/mol. The molecule has 0 spiro atoms. The van der Waals surface area contributed by atoms with E-state index >= 15 is 0 Å². The summed E-state index contributed by atoms with van der Waals surface area (Å²) in [5.74, 6) is -2.52. The average Bonchev–Trinajstić information content (AvgIpc) is 2.91. The lowest BCUT2D eigenvalue weighted by molar-refractivity contribution is -0.274. The van der Waals surface area contributed by atoms with Crippen LogP contribution in [0.15, 0.2) is 40.8 Å². The van der Waals surface area contributed by atoms with Gasteiger partial charge in [0.25, 0.3) is 0 Å². The Morgan fingerprint density at radius 1 is 1.08 bits per heavy atom. The van der Waals surface area contributed by atoms with Gasteiger partial charge in [0, 0.05) is 6.07 Å². The summed E-state index contributed by atoms with van der Waals surface area (Å²) in [6, 6.07) is 4.67. The molecule has 0 bridgehead atoms. The normalized spacial score (nSPS) is 11.4. The van der Waals surface area contributed by atoms with Gasteiger partial charge in [-0.1, -0.05) is 6.07 Å². The summed E-state index contributed by atoms with van der Waals surface area (Å²) in [6.45, 7) is 0. The van der Waals surface area contributed by atoms with E-state index in [-0.39, 0.29) is 11.1 Å². The monoisotopic (exact) mass is 373 g/mol. The van der Waals surface area contributed by atoms with Gasteiger partial charge in [-0.25, -0.2) is 13.6 Å². The SMILES string of the molecule is O=C(Nc1nc2ccc(OC(F)(F)F)cc2o1)Nc1c(F)cccc1F. The van der Waals surface area contributed by atoms with Gasteiger partial charge in [0.05, 0.1) is 0 Å². The maximum atomic E-state index is 13.5. The molecule has 3 rings (SSSR count). The van der Waals surface area contributed by atoms with E-state index in [1.165, 1.54) is 6.07 Å². The Kier molecular flexibility index (Phi) is 4.36. The van der Waals surface area contributed by atoms with Crippen LogP contribution < -0.4 is 15.4 Å². The molecule has 2 amide bonds. The van der Waals surface area contributed by atoms with Crippen molar-refractivity contribution in [3.05, 3.63) is 48.0 Å². The smallest absolute Gasteiger partial charge is 0.423 e. The fourth-order valence-corrected chi connectivity index (χ4v) is 2.01. The van der Waals surface area contributed by atoms with Crippen molar-refractivity contribution >= 4 is 28.8 Å². The highest BCUT2D eigenvalue weighted by Gasteiger charge is 2.31. The first kappa shape index (κ1) is 17.5. The van der Waals surface area contributed by atoms with E-state index in [1.807, 2.05) is 5.32 Å². The molecule has 0 saturated heterocycles. The number of rotatable bonds is 3. The number of nitrogens with one attached hydrogen (secondary N) is 2. The van der Waals surface area contributed by atoms with E-state index in [0.717, 1.165) is 30.3 Å². The lowest BCUT2D eigenvalue weighted by Gasteiger charge is -2.07. The Morgan fingerprint density at radius 3 is 2.42 bits per heavy atom. The highest BCUT2D eigenvalue weighted by atomic mass is 19.4. The van der Waals surface area contributed by atoms with Gasteiger partial charge in [-0.2, -0.15) is 4.98 Å². The highest BCUT2D eigenvalue weighted by Crippen LogP contribution is 2.28. The molecule has 0 fully saturated rings. The van der Waals surface area contributed by atoms with Gasteiger partial charge in [0.15, 0.2) is 5.58 Å². The van der Waals surface area contributed by atoms with Crippen molar-refractivity contribution in [3.63, 3.8) is 0 Å². The number of halogens is 5. The molecule has 0 unspecified atom stereocenters. The molecule has 2 aromatic carbocycles. The van der Waals surface area contributed by atoms with Crippen molar-refractivity contribution in [3.8, 4) is 5.75 Å². The first-order valence-corrected chi connectivity index (χ1v) is 6.89. The number of anilines is 2. The molecule has 0 atom stereocenters. The van der Waals surface area contributed by atoms with E-state index in [0.29, 0.717) is 0 Å². The molecule has 26 heavy (non-hydrogen) atoms. The van der Waals surface area contributed by atoms with Crippen molar-refractivity contribution in [2.45, 2.75) is 6.36 Å². The summed E-state index contributed by atoms with van der Waals surface area (Å²) >= 11 is 0. The highest BCUT2D eigenvalue weighted by molar-refractivity contribution is 5.99. The number of para-hydroxylation sites is 1. The van der Waals surface area contributed by atoms with E-state index in [2.05, 4.69) is 15.0 Å². The van der Waals surface area contributed by atoms with Crippen LogP contribution in [-0.2, 0) is 0 Å². The first-order chi connectivity index (χ1) is 12.2. The molecule has 2 N–H and O–H groups in total. The number of ether oxygens (including phenoxy) is 1. The summed E-state index contributed by atoms with van der Waals surface area (Å²) < 4.78 is 72.3. The van der Waals surface area contributed by atoms with Gasteiger partial charge < -0.3 is 14.5 Å². The maximum absolute atomic E-state index is 13.5. The van der Waals surface area contributed by atoms with Crippen molar-refractivity contribution < 1.29 is 35.9 Å². The minimum Gasteiger partial charge on any atom is -0.423 e. The molecule has 0 saturated carbocycles. The van der Waals surface area contributed by atoms with Gasteiger partial charge in [0.2, 0.25) is 0 Å². The summed E-state index contributed by atoms with van der Waals surface area (Å²) in [5.41, 5.74) is -0.645. The van der Waals surface area contributed by atoms with Crippen molar-refractivity contribution in [2.24, 2.45) is 0 Å². The van der Waals surface area contributed by atoms with Crippen LogP contribution in [0.2, 0.25) is 0 Å². The lowest BCUT2D eigenvalue weighted by atomic mass is 10.3. The van der Waals surface area contributed by atoms with Crippen LogP contribution in [0.4, 0.5) is 38.4 Å². The minimum atomic E-state index is -4.88. The van der Waals surface area contributed by atoms with Gasteiger partial charge >= 0.3 is 18.4 Å². The van der Waals surface area contributed by atoms with Crippen LogP contribution >= 0.6 is 0 Å². The predicted molar refractivity (Wildman–Crippen MR) is 79.7 cm³/mol. The van der Waals surface area contributed by atoms with Crippen LogP contribution in [0.3, 0.4) is 0 Å². The van der Waals surface area contributed by atoms with Gasteiger partial charge in [-0.3, -0.25) is 5.32 Å². The molecule has 136 valence electrons. The number of hydrogen-bond acceptors (Lipinski definition) is 4. The molecular formula is C15H8F5N3O3. The first-order valence-electron chi connectivity index (χ1n) is 6.89. The zero-order valence-corrected chi connectivity index (χ0v) is 12.5. The van der Waals surface area contributed by atoms with Crippen molar-refractivity contribution in [1.82, 2.24) is 4.98 Å². The number of carbonyl (C=O) groups excluding carboxylic acids is 1. The number of aromatic nitrogens is 1. The fourth-order valence-electron chi connectivity index (χ4n) is 2.01. The predicted octanol–water partition coefficient (Wildman–Crippen LogP) is 4.65. The minimum absolute atomic E-state index is 0.0980. The molecule has 0 aliphatic heterocycles. The zero-order valence-electron chi connectivity index (χ0n) is 12.5. The number of fused-ring (bicyclic) bond motifs is 1. The van der Waals surface area contributed by atoms with Crippen molar-refractivity contribution in [1.29, 1.82) is 0 Å². The van der Waals surface area contributed by atoms with Gasteiger partial charge in [0.1, 0.15) is 28.6 Å². The Hall–Kier alpha value is -3.37. The fraction of sp³-hybridized carbons (Fsp3) is 0.0667. The average molecular weight is 373 g/mol. The molecule has 0 aliphatic carbocycles. The molecule has 0 aliphatic rings.